The number of rotatable bonds is 11. The van der Waals surface area contributed by atoms with E-state index >= 15 is 0 Å². The second kappa shape index (κ2) is 10.7. The van der Waals surface area contributed by atoms with Crippen LogP contribution in [0.5, 0.6) is 11.5 Å². The fraction of sp³-hybridized carbons (Fsp3) is 0.560. The maximum atomic E-state index is 13.5. The van der Waals surface area contributed by atoms with E-state index in [1.165, 1.54) is 23.3 Å². The highest BCUT2D eigenvalue weighted by atomic mass is 32.1. The Labute approximate surface area is 194 Å². The van der Waals surface area contributed by atoms with Crippen molar-refractivity contribution < 1.29 is 19.4 Å². The van der Waals surface area contributed by atoms with Gasteiger partial charge in [-0.25, -0.2) is 0 Å². The molecule has 1 aromatic carbocycles. The molecule has 4 rings (SSSR count). The van der Waals surface area contributed by atoms with Gasteiger partial charge in [-0.05, 0) is 60.7 Å². The summed E-state index contributed by atoms with van der Waals surface area (Å²) in [6, 6.07) is 9.59. The molecular formula is C25H34N2O4S. The zero-order chi connectivity index (χ0) is 22.5. The van der Waals surface area contributed by atoms with E-state index in [0.29, 0.717) is 38.6 Å². The van der Waals surface area contributed by atoms with Crippen LogP contribution in [0.3, 0.4) is 0 Å². The monoisotopic (exact) mass is 458 g/mol. The molecule has 1 saturated carbocycles. The van der Waals surface area contributed by atoms with Gasteiger partial charge in [0.1, 0.15) is 18.1 Å². The van der Waals surface area contributed by atoms with Gasteiger partial charge in [0.05, 0.1) is 25.8 Å². The van der Waals surface area contributed by atoms with Crippen LogP contribution in [0.1, 0.15) is 42.7 Å². The number of ether oxygens (including phenoxy) is 2. The summed E-state index contributed by atoms with van der Waals surface area (Å²) in [7, 11) is 1.64. The second-order valence-electron chi connectivity index (χ2n) is 8.84. The Bertz CT molecular complexity index is 898. The quantitative estimate of drug-likeness (QED) is 0.556. The number of hydrogen-bond donors (Lipinski definition) is 1. The third-order valence-electron chi connectivity index (χ3n) is 6.38. The molecule has 1 aromatic heterocycles. The average Bonchev–Trinajstić information content (AvgIpc) is 3.49. The summed E-state index contributed by atoms with van der Waals surface area (Å²) in [6.07, 6.45) is 3.65. The van der Waals surface area contributed by atoms with Gasteiger partial charge < -0.3 is 19.5 Å². The highest BCUT2D eigenvalue weighted by Gasteiger charge is 2.34. The summed E-state index contributed by atoms with van der Waals surface area (Å²) in [6.45, 7) is 4.89. The first kappa shape index (κ1) is 23.1. The SMILES string of the molecule is CCC(O)CN(CC(=O)N1CCc2sccc2C1COc1cccc(OC)c1)CC1CC1. The van der Waals surface area contributed by atoms with Crippen LogP contribution < -0.4 is 9.47 Å². The average molecular weight is 459 g/mol. The fourth-order valence-electron chi connectivity index (χ4n) is 4.32. The number of methoxy groups -OCH3 is 1. The number of nitrogens with zero attached hydrogens (tertiary/aromatic N) is 2. The van der Waals surface area contributed by atoms with Crippen LogP contribution in [-0.4, -0.2) is 66.8 Å². The first-order chi connectivity index (χ1) is 15.6. The molecule has 1 amide bonds. The van der Waals surface area contributed by atoms with Crippen LogP contribution in [0.4, 0.5) is 0 Å². The van der Waals surface area contributed by atoms with Crippen molar-refractivity contribution >= 4 is 17.2 Å². The summed E-state index contributed by atoms with van der Waals surface area (Å²) < 4.78 is 11.4. The summed E-state index contributed by atoms with van der Waals surface area (Å²) in [5, 5.41) is 12.3. The van der Waals surface area contributed by atoms with Gasteiger partial charge in [0.15, 0.2) is 0 Å². The van der Waals surface area contributed by atoms with Crippen LogP contribution in [0, 0.1) is 5.92 Å². The molecule has 0 radical (unpaired) electrons. The minimum atomic E-state index is -0.390. The van der Waals surface area contributed by atoms with Crippen molar-refractivity contribution in [1.29, 1.82) is 0 Å². The fourth-order valence-corrected chi connectivity index (χ4v) is 5.25. The Morgan fingerprint density at radius 2 is 2.12 bits per heavy atom. The molecule has 32 heavy (non-hydrogen) atoms. The molecule has 0 saturated heterocycles. The van der Waals surface area contributed by atoms with E-state index in [-0.39, 0.29) is 11.9 Å². The third-order valence-corrected chi connectivity index (χ3v) is 7.37. The highest BCUT2D eigenvalue weighted by Crippen LogP contribution is 2.35. The van der Waals surface area contributed by atoms with Gasteiger partial charge in [0, 0.05) is 30.6 Å². The van der Waals surface area contributed by atoms with E-state index in [4.69, 9.17) is 9.47 Å². The molecule has 2 aliphatic rings. The van der Waals surface area contributed by atoms with Gasteiger partial charge in [0.2, 0.25) is 5.91 Å². The molecule has 174 valence electrons. The number of aliphatic hydroxyl groups is 1. The minimum Gasteiger partial charge on any atom is -0.497 e. The van der Waals surface area contributed by atoms with Crippen LogP contribution in [0.15, 0.2) is 35.7 Å². The maximum Gasteiger partial charge on any atom is 0.237 e. The molecule has 0 spiro atoms. The first-order valence-electron chi connectivity index (χ1n) is 11.6. The van der Waals surface area contributed by atoms with Crippen molar-refractivity contribution in [3.8, 4) is 11.5 Å². The maximum absolute atomic E-state index is 13.5. The Hall–Kier alpha value is -2.09. The van der Waals surface area contributed by atoms with Crippen molar-refractivity contribution in [1.82, 2.24) is 9.80 Å². The van der Waals surface area contributed by atoms with Crippen molar-refractivity contribution in [3.05, 3.63) is 46.2 Å². The van der Waals surface area contributed by atoms with E-state index in [1.807, 2.05) is 36.1 Å². The van der Waals surface area contributed by atoms with Gasteiger partial charge in [-0.3, -0.25) is 9.69 Å². The van der Waals surface area contributed by atoms with Crippen LogP contribution in [-0.2, 0) is 11.2 Å². The molecular weight excluding hydrogens is 424 g/mol. The van der Waals surface area contributed by atoms with Crippen molar-refractivity contribution in [3.63, 3.8) is 0 Å². The number of amides is 1. The van der Waals surface area contributed by atoms with Crippen LogP contribution in [0.25, 0.3) is 0 Å². The standard InChI is InChI=1S/C25H34N2O4S/c1-3-19(28)15-26(14-18-7-8-18)16-25(29)27-11-9-24-22(10-12-32-24)23(27)17-31-21-6-4-5-20(13-21)30-2/h4-6,10,12-13,18-19,23,28H,3,7-9,11,14-17H2,1-2H3. The van der Waals surface area contributed by atoms with E-state index in [1.54, 1.807) is 18.4 Å². The van der Waals surface area contributed by atoms with Gasteiger partial charge in [-0.1, -0.05) is 13.0 Å². The predicted octanol–water partition coefficient (Wildman–Crippen LogP) is 3.74. The number of carbonyl (C=O) groups excluding carboxylic acids is 1. The Kier molecular flexibility index (Phi) is 7.71. The van der Waals surface area contributed by atoms with Gasteiger partial charge in [-0.2, -0.15) is 0 Å². The van der Waals surface area contributed by atoms with Crippen LogP contribution in [0.2, 0.25) is 0 Å². The van der Waals surface area contributed by atoms with E-state index < -0.39 is 6.10 Å². The molecule has 2 aromatic rings. The Morgan fingerprint density at radius 1 is 1.31 bits per heavy atom. The van der Waals surface area contributed by atoms with Gasteiger partial charge in [-0.15, -0.1) is 11.3 Å². The smallest absolute Gasteiger partial charge is 0.237 e. The normalized spacial score (nSPS) is 19.0. The lowest BCUT2D eigenvalue weighted by molar-refractivity contribution is -0.136. The molecule has 6 nitrogen and oxygen atoms in total. The number of thiophene rings is 1. The van der Waals surface area contributed by atoms with Crippen molar-refractivity contribution in [2.24, 2.45) is 5.92 Å². The molecule has 7 heteroatoms. The lowest BCUT2D eigenvalue weighted by Gasteiger charge is -2.37. The molecule has 0 bridgehead atoms. The van der Waals surface area contributed by atoms with Crippen LogP contribution >= 0.6 is 11.3 Å². The van der Waals surface area contributed by atoms with E-state index in [2.05, 4.69) is 16.3 Å². The highest BCUT2D eigenvalue weighted by molar-refractivity contribution is 7.10. The number of fused-ring (bicyclic) bond motifs is 1. The molecule has 1 N–H and O–H groups in total. The molecule has 2 atom stereocenters. The summed E-state index contributed by atoms with van der Waals surface area (Å²) in [5.74, 6) is 2.27. The van der Waals surface area contributed by atoms with Gasteiger partial charge in [0.25, 0.3) is 0 Å². The number of carbonyl (C=O) groups is 1. The summed E-state index contributed by atoms with van der Waals surface area (Å²) >= 11 is 1.76. The third kappa shape index (κ3) is 5.82. The van der Waals surface area contributed by atoms with E-state index in [9.17, 15) is 9.90 Å². The predicted molar refractivity (Wildman–Crippen MR) is 126 cm³/mol. The lowest BCUT2D eigenvalue weighted by Crippen LogP contribution is -2.48. The second-order valence-corrected chi connectivity index (χ2v) is 9.84. The van der Waals surface area contributed by atoms with Crippen molar-refractivity contribution in [2.45, 2.75) is 44.8 Å². The number of benzene rings is 1. The largest absolute Gasteiger partial charge is 0.497 e. The van der Waals surface area contributed by atoms with Gasteiger partial charge >= 0.3 is 0 Å². The molecule has 2 heterocycles. The number of aliphatic hydroxyl groups excluding tert-OH is 1. The molecule has 1 aliphatic heterocycles. The first-order valence-corrected chi connectivity index (χ1v) is 12.5. The molecule has 1 aliphatic carbocycles. The molecule has 1 fully saturated rings. The Balaban J connectivity index is 1.46. The topological polar surface area (TPSA) is 62.2 Å². The lowest BCUT2D eigenvalue weighted by atomic mass is 10.0. The zero-order valence-electron chi connectivity index (χ0n) is 19.0. The Morgan fingerprint density at radius 3 is 2.88 bits per heavy atom. The number of hydrogen-bond acceptors (Lipinski definition) is 6. The summed E-state index contributed by atoms with van der Waals surface area (Å²) in [5.41, 5.74) is 1.19. The summed E-state index contributed by atoms with van der Waals surface area (Å²) in [4.78, 5) is 18.9. The zero-order valence-corrected chi connectivity index (χ0v) is 19.9. The molecule has 2 unspecified atom stereocenters. The van der Waals surface area contributed by atoms with Crippen molar-refractivity contribution in [2.75, 3.05) is 39.9 Å². The minimum absolute atomic E-state index is 0.109. The van der Waals surface area contributed by atoms with E-state index in [0.717, 1.165) is 24.5 Å².